The van der Waals surface area contributed by atoms with Crippen molar-refractivity contribution in [3.05, 3.63) is 112 Å². The Kier molecular flexibility index (Phi) is 7.33. The number of benzene rings is 2. The summed E-state index contributed by atoms with van der Waals surface area (Å²) in [4.78, 5) is 54.2. The van der Waals surface area contributed by atoms with Crippen LogP contribution in [0.15, 0.2) is 73.2 Å². The monoisotopic (exact) mass is 540 g/mol. The van der Waals surface area contributed by atoms with Gasteiger partial charge in [-0.1, -0.05) is 29.8 Å². The predicted octanol–water partition coefficient (Wildman–Crippen LogP) is 4.60. The molecule has 1 atom stereocenters. The van der Waals surface area contributed by atoms with Gasteiger partial charge in [-0.25, -0.2) is 9.97 Å². The van der Waals surface area contributed by atoms with Crippen LogP contribution in [0.25, 0.3) is 0 Å². The van der Waals surface area contributed by atoms with Crippen molar-refractivity contribution in [3.8, 4) is 0 Å². The number of aryl methyl sites for hydroxylation is 2. The first-order valence-electron chi connectivity index (χ1n) is 12.3. The third kappa shape index (κ3) is 5.78. The summed E-state index contributed by atoms with van der Waals surface area (Å²) in [6, 6.07) is 14.7. The number of rotatable bonds is 6. The minimum Gasteiger partial charge on any atom is -0.323 e. The zero-order valence-corrected chi connectivity index (χ0v) is 22.1. The molecule has 0 fully saturated rings. The summed E-state index contributed by atoms with van der Waals surface area (Å²) in [7, 11) is 0. The van der Waals surface area contributed by atoms with E-state index in [2.05, 4.69) is 25.6 Å². The lowest BCUT2D eigenvalue weighted by Gasteiger charge is -2.29. The van der Waals surface area contributed by atoms with E-state index >= 15 is 0 Å². The average molecular weight is 541 g/mol. The number of pyridine rings is 1. The van der Waals surface area contributed by atoms with E-state index in [0.717, 1.165) is 11.1 Å². The van der Waals surface area contributed by atoms with Crippen LogP contribution in [0.3, 0.4) is 0 Å². The van der Waals surface area contributed by atoms with E-state index in [-0.39, 0.29) is 36.6 Å². The molecule has 5 rings (SSSR count). The molecule has 0 saturated heterocycles. The average Bonchev–Trinajstić information content (AvgIpc) is 3.00. The third-order valence-electron chi connectivity index (χ3n) is 6.43. The number of amides is 3. The van der Waals surface area contributed by atoms with E-state index in [0.29, 0.717) is 33.1 Å². The molecule has 0 radical (unpaired) electrons. The summed E-state index contributed by atoms with van der Waals surface area (Å²) in [5.41, 5.74) is 4.21. The van der Waals surface area contributed by atoms with Crippen LogP contribution in [0.2, 0.25) is 5.02 Å². The van der Waals surface area contributed by atoms with Crippen LogP contribution in [-0.2, 0) is 17.8 Å². The number of hydrogen-bond acceptors (Lipinski definition) is 6. The van der Waals surface area contributed by atoms with Crippen LogP contribution in [0.4, 0.5) is 11.6 Å². The van der Waals surface area contributed by atoms with Gasteiger partial charge in [0.1, 0.15) is 6.04 Å². The first-order valence-corrected chi connectivity index (χ1v) is 12.7. The van der Waals surface area contributed by atoms with E-state index in [1.54, 1.807) is 59.9 Å². The zero-order chi connectivity index (χ0) is 27.5. The normalized spacial score (nSPS) is 14.8. The summed E-state index contributed by atoms with van der Waals surface area (Å²) in [6.07, 6.45) is 5.14. The van der Waals surface area contributed by atoms with Gasteiger partial charge in [0.2, 0.25) is 11.9 Å². The first-order chi connectivity index (χ1) is 18.8. The molecule has 0 saturated carbocycles. The number of carbonyl (C=O) groups excluding carboxylic acids is 3. The molecule has 3 amide bonds. The minimum atomic E-state index is -0.819. The summed E-state index contributed by atoms with van der Waals surface area (Å²) in [6.45, 7) is 3.82. The molecule has 1 aliphatic rings. The van der Waals surface area contributed by atoms with E-state index in [1.165, 1.54) is 0 Å². The van der Waals surface area contributed by atoms with Gasteiger partial charge >= 0.3 is 0 Å². The number of hydrogen-bond donors (Lipinski definition) is 2. The number of aromatic nitrogens is 3. The molecule has 196 valence electrons. The molecule has 1 unspecified atom stereocenters. The second-order valence-electron chi connectivity index (χ2n) is 9.34. The maximum atomic E-state index is 13.8. The fraction of sp³-hybridized carbons (Fsp3) is 0.172. The Morgan fingerprint density at radius 1 is 1.03 bits per heavy atom. The lowest BCUT2D eigenvalue weighted by Crippen LogP contribution is -2.46. The highest BCUT2D eigenvalue weighted by atomic mass is 35.5. The molecule has 39 heavy (non-hydrogen) atoms. The molecule has 0 bridgehead atoms. The second-order valence-corrected chi connectivity index (χ2v) is 9.78. The van der Waals surface area contributed by atoms with E-state index in [4.69, 9.17) is 11.6 Å². The Morgan fingerprint density at radius 3 is 2.54 bits per heavy atom. The summed E-state index contributed by atoms with van der Waals surface area (Å²) < 4.78 is 0. The van der Waals surface area contributed by atoms with Crippen LogP contribution in [0.1, 0.15) is 43.1 Å². The van der Waals surface area contributed by atoms with Crippen LogP contribution in [0, 0.1) is 13.8 Å². The van der Waals surface area contributed by atoms with E-state index in [9.17, 15) is 14.4 Å². The molecule has 0 spiro atoms. The molecule has 4 aromatic rings. The van der Waals surface area contributed by atoms with Gasteiger partial charge in [0.25, 0.3) is 11.8 Å². The third-order valence-corrected chi connectivity index (χ3v) is 6.67. The van der Waals surface area contributed by atoms with Gasteiger partial charge in [-0.05, 0) is 66.9 Å². The molecule has 10 heteroatoms. The van der Waals surface area contributed by atoms with Crippen molar-refractivity contribution >= 4 is 41.0 Å². The van der Waals surface area contributed by atoms with Crippen molar-refractivity contribution < 1.29 is 14.4 Å². The Labute approximate surface area is 230 Å². The summed E-state index contributed by atoms with van der Waals surface area (Å²) >= 11 is 6.15. The Morgan fingerprint density at radius 2 is 1.82 bits per heavy atom. The van der Waals surface area contributed by atoms with Crippen molar-refractivity contribution in [1.29, 1.82) is 0 Å². The van der Waals surface area contributed by atoms with Crippen molar-refractivity contribution in [3.63, 3.8) is 0 Å². The molecule has 1 aliphatic heterocycles. The quantitative estimate of drug-likeness (QED) is 0.369. The molecular formula is C29H25ClN6O3. The molecule has 2 N–H and O–H groups in total. The van der Waals surface area contributed by atoms with Crippen LogP contribution < -0.4 is 10.6 Å². The maximum absolute atomic E-state index is 13.8. The van der Waals surface area contributed by atoms with Gasteiger partial charge in [0.15, 0.2) is 0 Å². The molecule has 0 aliphatic carbocycles. The lowest BCUT2D eigenvalue weighted by molar-refractivity contribution is -0.120. The van der Waals surface area contributed by atoms with E-state index < -0.39 is 6.04 Å². The predicted molar refractivity (Wildman–Crippen MR) is 148 cm³/mol. The number of fused-ring (bicyclic) bond motifs is 1. The van der Waals surface area contributed by atoms with Crippen molar-refractivity contribution in [2.75, 3.05) is 10.6 Å². The maximum Gasteiger partial charge on any atom is 0.258 e. The highest BCUT2D eigenvalue weighted by Crippen LogP contribution is 2.29. The fourth-order valence-corrected chi connectivity index (χ4v) is 4.64. The molecule has 3 heterocycles. The Balaban J connectivity index is 1.44. The molecule has 9 nitrogen and oxygen atoms in total. The smallest absolute Gasteiger partial charge is 0.258 e. The van der Waals surface area contributed by atoms with Crippen LogP contribution in [-0.4, -0.2) is 43.6 Å². The SMILES string of the molecule is Cc1cnc(NC(=O)c2ccc(CN3C(=O)c4ccc(Cl)cc4NC(=O)C3Cc3ccccn3)cc2C)nc1. The Bertz CT molecular complexity index is 1560. The number of anilines is 2. The standard InChI is InChI=1S/C29H25ClN6O3/c1-17-14-32-29(33-15-17)35-26(37)22-8-6-19(11-18(22)2)16-36-25(13-21-5-3-4-10-31-21)27(38)34-24-12-20(30)7-9-23(24)28(36)39/h3-12,14-15,25H,13,16H2,1-2H3,(H,34,38)(H,32,33,35,37). The fourth-order valence-electron chi connectivity index (χ4n) is 4.46. The molecule has 2 aromatic carbocycles. The first kappa shape index (κ1) is 26.0. The number of nitrogens with one attached hydrogen (secondary N) is 2. The van der Waals surface area contributed by atoms with E-state index in [1.807, 2.05) is 32.0 Å². The largest absolute Gasteiger partial charge is 0.323 e. The summed E-state index contributed by atoms with van der Waals surface area (Å²) in [5.74, 6) is -0.767. The van der Waals surface area contributed by atoms with Gasteiger partial charge < -0.3 is 10.2 Å². The number of nitrogens with zero attached hydrogens (tertiary/aromatic N) is 4. The minimum absolute atomic E-state index is 0.148. The topological polar surface area (TPSA) is 117 Å². The molecular weight excluding hydrogens is 516 g/mol. The van der Waals surface area contributed by atoms with Gasteiger partial charge in [-0.15, -0.1) is 0 Å². The summed E-state index contributed by atoms with van der Waals surface area (Å²) in [5, 5.41) is 5.98. The molecule has 2 aromatic heterocycles. The van der Waals surface area contributed by atoms with Gasteiger partial charge in [-0.3, -0.25) is 24.7 Å². The van der Waals surface area contributed by atoms with Gasteiger partial charge in [0, 0.05) is 47.8 Å². The number of carbonyl (C=O) groups is 3. The van der Waals surface area contributed by atoms with Crippen molar-refractivity contribution in [2.24, 2.45) is 0 Å². The highest BCUT2D eigenvalue weighted by molar-refractivity contribution is 6.31. The van der Waals surface area contributed by atoms with Gasteiger partial charge in [-0.2, -0.15) is 0 Å². The zero-order valence-electron chi connectivity index (χ0n) is 21.3. The van der Waals surface area contributed by atoms with Crippen molar-refractivity contribution in [2.45, 2.75) is 32.9 Å². The van der Waals surface area contributed by atoms with Gasteiger partial charge in [0.05, 0.1) is 11.3 Å². The van der Waals surface area contributed by atoms with Crippen LogP contribution in [0.5, 0.6) is 0 Å². The Hall–Kier alpha value is -4.63. The van der Waals surface area contributed by atoms with Crippen molar-refractivity contribution in [1.82, 2.24) is 19.9 Å². The lowest BCUT2D eigenvalue weighted by atomic mass is 10.0. The van der Waals surface area contributed by atoms with Crippen LogP contribution >= 0.6 is 11.6 Å². The highest BCUT2D eigenvalue weighted by Gasteiger charge is 2.36. The second kappa shape index (κ2) is 11.0. The number of halogens is 1.